The van der Waals surface area contributed by atoms with E-state index in [0.29, 0.717) is 38.6 Å². The van der Waals surface area contributed by atoms with Crippen molar-refractivity contribution in [2.75, 3.05) is 10.7 Å². The smallest absolute Gasteiger partial charge is 0.325 e. The van der Waals surface area contributed by atoms with Crippen molar-refractivity contribution in [1.29, 1.82) is 0 Å². The number of halogens is 1. The van der Waals surface area contributed by atoms with Gasteiger partial charge in [-0.15, -0.1) is 0 Å². The van der Waals surface area contributed by atoms with Gasteiger partial charge in [-0.2, -0.15) is 0 Å². The van der Waals surface area contributed by atoms with Gasteiger partial charge in [-0.05, 0) is 59.6 Å². The standard InChI is InChI=1S/C28H27ClN4O3S/c1-3-4-5-8-17-37-28-30-26(35)25-21-9-6-7-10-22(21)32(18(2)34)27(33(25)31-28)24-16-15-23(36-24)19-11-13-20(29)14-12-19/h6-7,9-16,27H,3-5,8,17H2,1-2H3/p+1/t27-/m1/s1. The van der Waals surface area contributed by atoms with E-state index in [0.717, 1.165) is 30.6 Å². The van der Waals surface area contributed by atoms with Crippen molar-refractivity contribution in [3.8, 4) is 22.6 Å². The predicted octanol–water partition coefficient (Wildman–Crippen LogP) is 6.22. The normalized spacial score (nSPS) is 14.4. The van der Waals surface area contributed by atoms with Crippen LogP contribution < -0.4 is 15.1 Å². The molecule has 1 amide bonds. The number of H-pyrrole nitrogens is 1. The number of hydrogen-bond donors (Lipinski definition) is 1. The Bertz CT molecular complexity index is 1480. The van der Waals surface area contributed by atoms with Gasteiger partial charge in [-0.1, -0.05) is 61.7 Å². The number of aromatic nitrogens is 3. The van der Waals surface area contributed by atoms with Crippen molar-refractivity contribution < 1.29 is 13.9 Å². The maximum absolute atomic E-state index is 13.4. The molecule has 1 aliphatic heterocycles. The Morgan fingerprint density at radius 2 is 1.89 bits per heavy atom. The first kappa shape index (κ1) is 25.3. The highest BCUT2D eigenvalue weighted by Crippen LogP contribution is 2.38. The van der Waals surface area contributed by atoms with E-state index < -0.39 is 6.17 Å². The van der Waals surface area contributed by atoms with Crippen molar-refractivity contribution in [3.05, 3.63) is 81.8 Å². The SMILES string of the molecule is CCCCCCSc1n[n+]2c(c(=O)[nH]1)-c1ccccc1N(C(C)=O)[C@H]2c1ccc(-c2ccc(Cl)cc2)o1. The van der Waals surface area contributed by atoms with E-state index in [4.69, 9.17) is 21.1 Å². The molecular formula is C28H28ClN4O3S+. The number of rotatable bonds is 8. The second-order valence-corrected chi connectivity index (χ2v) is 10.5. The summed E-state index contributed by atoms with van der Waals surface area (Å²) >= 11 is 7.57. The first-order valence-corrected chi connectivity index (χ1v) is 13.8. The third-order valence-corrected chi connectivity index (χ3v) is 7.55. The van der Waals surface area contributed by atoms with Crippen molar-refractivity contribution in [3.63, 3.8) is 0 Å². The minimum absolute atomic E-state index is 0.184. The summed E-state index contributed by atoms with van der Waals surface area (Å²) in [5, 5.41) is 5.98. The summed E-state index contributed by atoms with van der Waals surface area (Å²) < 4.78 is 7.92. The van der Waals surface area contributed by atoms with Gasteiger partial charge in [-0.25, -0.2) is 4.90 Å². The Hall–Kier alpha value is -3.36. The molecule has 1 aliphatic rings. The summed E-state index contributed by atoms with van der Waals surface area (Å²) in [5.41, 5.74) is 2.27. The quantitative estimate of drug-likeness (QED) is 0.164. The van der Waals surface area contributed by atoms with E-state index in [9.17, 15) is 9.59 Å². The van der Waals surface area contributed by atoms with Gasteiger partial charge in [0.1, 0.15) is 5.76 Å². The topological polar surface area (TPSA) is 83.1 Å². The van der Waals surface area contributed by atoms with Crippen LogP contribution in [0.5, 0.6) is 0 Å². The lowest BCUT2D eigenvalue weighted by molar-refractivity contribution is -0.764. The number of nitrogens with zero attached hydrogens (tertiary/aromatic N) is 3. The van der Waals surface area contributed by atoms with E-state index in [1.807, 2.05) is 48.5 Å². The summed E-state index contributed by atoms with van der Waals surface area (Å²) in [6, 6.07) is 18.4. The molecule has 0 aliphatic carbocycles. The van der Waals surface area contributed by atoms with E-state index >= 15 is 0 Å². The predicted molar refractivity (Wildman–Crippen MR) is 146 cm³/mol. The molecule has 0 saturated carbocycles. The number of furan rings is 1. The lowest BCUT2D eigenvalue weighted by Gasteiger charge is -2.30. The molecule has 2 aromatic heterocycles. The van der Waals surface area contributed by atoms with Crippen LogP contribution in [-0.4, -0.2) is 21.7 Å². The van der Waals surface area contributed by atoms with Crippen LogP contribution in [0.25, 0.3) is 22.6 Å². The van der Waals surface area contributed by atoms with Gasteiger partial charge >= 0.3 is 17.4 Å². The average Bonchev–Trinajstić information content (AvgIpc) is 3.37. The van der Waals surface area contributed by atoms with E-state index in [1.54, 1.807) is 21.7 Å². The third-order valence-electron chi connectivity index (χ3n) is 6.34. The molecule has 4 aromatic rings. The van der Waals surface area contributed by atoms with Crippen LogP contribution >= 0.6 is 23.4 Å². The van der Waals surface area contributed by atoms with Crippen LogP contribution in [0, 0.1) is 0 Å². The summed E-state index contributed by atoms with van der Waals surface area (Å²) in [6.45, 7) is 3.69. The molecule has 0 saturated heterocycles. The van der Waals surface area contributed by atoms with E-state index in [1.165, 1.54) is 25.1 Å². The lowest BCUT2D eigenvalue weighted by atomic mass is 10.0. The van der Waals surface area contributed by atoms with Gasteiger partial charge in [0.05, 0.1) is 11.3 Å². The van der Waals surface area contributed by atoms with Crippen LogP contribution in [0.15, 0.2) is 75.0 Å². The number of thioether (sulfide) groups is 1. The van der Waals surface area contributed by atoms with Gasteiger partial charge in [0.15, 0.2) is 5.76 Å². The Morgan fingerprint density at radius 3 is 2.65 bits per heavy atom. The molecule has 0 fully saturated rings. The molecule has 3 heterocycles. The van der Waals surface area contributed by atoms with Crippen molar-refractivity contribution >= 4 is 35.0 Å². The molecule has 5 rings (SSSR count). The minimum Gasteiger partial charge on any atom is -0.452 e. The van der Waals surface area contributed by atoms with Crippen LogP contribution in [0.4, 0.5) is 5.69 Å². The van der Waals surface area contributed by atoms with Crippen LogP contribution in [0.3, 0.4) is 0 Å². The molecule has 7 nitrogen and oxygen atoms in total. The molecule has 1 N–H and O–H groups in total. The molecule has 2 aromatic carbocycles. The molecule has 0 spiro atoms. The summed E-state index contributed by atoms with van der Waals surface area (Å²) in [7, 11) is 0. The first-order valence-electron chi connectivity index (χ1n) is 12.4. The number of amides is 1. The van der Waals surface area contributed by atoms with Crippen LogP contribution in [0.1, 0.15) is 51.5 Å². The molecule has 0 radical (unpaired) electrons. The zero-order chi connectivity index (χ0) is 25.9. The zero-order valence-corrected chi connectivity index (χ0v) is 22.3. The van der Waals surface area contributed by atoms with Crippen molar-refractivity contribution in [2.24, 2.45) is 0 Å². The molecule has 190 valence electrons. The summed E-state index contributed by atoms with van der Waals surface area (Å²) in [5.74, 6) is 1.79. The molecule has 9 heteroatoms. The van der Waals surface area contributed by atoms with Gasteiger partial charge in [0.2, 0.25) is 11.1 Å². The second-order valence-electron chi connectivity index (χ2n) is 8.95. The number of nitrogens with one attached hydrogen (secondary N) is 1. The molecule has 0 bridgehead atoms. The van der Waals surface area contributed by atoms with Gasteiger partial charge in [0, 0.05) is 28.4 Å². The molecule has 37 heavy (non-hydrogen) atoms. The fourth-order valence-electron chi connectivity index (χ4n) is 4.59. The highest BCUT2D eigenvalue weighted by Gasteiger charge is 2.46. The zero-order valence-electron chi connectivity index (χ0n) is 20.7. The van der Waals surface area contributed by atoms with Gasteiger partial charge in [-0.3, -0.25) is 14.6 Å². The highest BCUT2D eigenvalue weighted by molar-refractivity contribution is 7.99. The Morgan fingerprint density at radius 1 is 1.11 bits per heavy atom. The number of hydrogen-bond acceptors (Lipinski definition) is 5. The maximum atomic E-state index is 13.4. The monoisotopic (exact) mass is 535 g/mol. The summed E-state index contributed by atoms with van der Waals surface area (Å²) in [6.07, 6.45) is 3.77. The van der Waals surface area contributed by atoms with E-state index in [2.05, 4.69) is 11.9 Å². The van der Waals surface area contributed by atoms with Gasteiger partial charge < -0.3 is 4.42 Å². The Labute approximate surface area is 224 Å². The number of benzene rings is 2. The number of unbranched alkanes of at least 4 members (excludes halogenated alkanes) is 3. The minimum atomic E-state index is -0.759. The van der Waals surface area contributed by atoms with Gasteiger partial charge in [0.25, 0.3) is 0 Å². The number of para-hydroxylation sites is 1. The highest BCUT2D eigenvalue weighted by atomic mass is 35.5. The number of carbonyl (C=O) groups is 1. The average molecular weight is 536 g/mol. The van der Waals surface area contributed by atoms with Crippen molar-refractivity contribution in [2.45, 2.75) is 50.9 Å². The van der Waals surface area contributed by atoms with Crippen LogP contribution in [-0.2, 0) is 4.79 Å². The second kappa shape index (κ2) is 10.9. The fourth-order valence-corrected chi connectivity index (χ4v) is 5.57. The number of aromatic amines is 1. The fraction of sp³-hybridized carbons (Fsp3) is 0.286. The first-order chi connectivity index (χ1) is 18.0. The number of fused-ring (bicyclic) bond motifs is 3. The summed E-state index contributed by atoms with van der Waals surface area (Å²) in [4.78, 5) is 31.0. The largest absolute Gasteiger partial charge is 0.452 e. The molecule has 0 unspecified atom stereocenters. The number of anilines is 1. The molecule has 1 atom stereocenters. The Balaban J connectivity index is 1.61. The third kappa shape index (κ3) is 5.08. The molecular weight excluding hydrogens is 508 g/mol. The lowest BCUT2D eigenvalue weighted by Crippen LogP contribution is -2.60. The van der Waals surface area contributed by atoms with Crippen molar-refractivity contribution in [1.82, 2.24) is 10.1 Å². The van der Waals surface area contributed by atoms with Crippen LogP contribution in [0.2, 0.25) is 5.02 Å². The number of carbonyl (C=O) groups excluding carboxylic acids is 1. The maximum Gasteiger partial charge on any atom is 0.325 e. The van der Waals surface area contributed by atoms with E-state index in [-0.39, 0.29) is 11.5 Å². The Kier molecular flexibility index (Phi) is 7.48.